The molecule has 0 saturated heterocycles. The number of halogens is 1. The molecule has 1 amide bonds. The summed E-state index contributed by atoms with van der Waals surface area (Å²) in [6, 6.07) is 6.67. The zero-order chi connectivity index (χ0) is 15.6. The molecule has 2 rings (SSSR count). The van der Waals surface area contributed by atoms with Crippen LogP contribution in [0.5, 0.6) is 0 Å². The summed E-state index contributed by atoms with van der Waals surface area (Å²) in [5.41, 5.74) is 0.700. The first kappa shape index (κ1) is 15.2. The monoisotopic (exact) mass is 312 g/mol. The van der Waals surface area contributed by atoms with Crippen molar-refractivity contribution in [2.45, 2.75) is 12.0 Å². The number of anilines is 1. The molecule has 2 N–H and O–H groups in total. The van der Waals surface area contributed by atoms with Gasteiger partial charge in [-0.05, 0) is 43.8 Å². The molecule has 0 aliphatic carbocycles. The Hall–Kier alpha value is -2.19. The Morgan fingerprint density at radius 3 is 2.57 bits per heavy atom. The Balaban J connectivity index is 2.22. The first-order valence-electron chi connectivity index (χ1n) is 5.94. The van der Waals surface area contributed by atoms with Crippen LogP contribution < -0.4 is 10.0 Å². The molecule has 8 heteroatoms. The average Bonchev–Trinajstić information content (AvgIpc) is 2.92. The summed E-state index contributed by atoms with van der Waals surface area (Å²) >= 11 is 0. The largest absolute Gasteiger partial charge is 0.438 e. The van der Waals surface area contributed by atoms with Gasteiger partial charge in [0.15, 0.2) is 5.76 Å². The SMILES string of the molecule is CNS(=O)(=O)c1ccc(C(=O)Nc2ccc(C)cc2F)o1. The summed E-state index contributed by atoms with van der Waals surface area (Å²) in [5.74, 6) is -1.56. The van der Waals surface area contributed by atoms with Crippen molar-refractivity contribution in [1.29, 1.82) is 0 Å². The first-order valence-corrected chi connectivity index (χ1v) is 7.42. The van der Waals surface area contributed by atoms with Crippen molar-refractivity contribution in [3.8, 4) is 0 Å². The number of benzene rings is 1. The molecule has 2 aromatic rings. The van der Waals surface area contributed by atoms with Gasteiger partial charge in [-0.3, -0.25) is 4.79 Å². The van der Waals surface area contributed by atoms with E-state index in [4.69, 9.17) is 4.42 Å². The molecule has 0 spiro atoms. The number of hydrogen-bond acceptors (Lipinski definition) is 4. The molecular weight excluding hydrogens is 299 g/mol. The van der Waals surface area contributed by atoms with Crippen molar-refractivity contribution in [2.75, 3.05) is 12.4 Å². The highest BCUT2D eigenvalue weighted by Crippen LogP contribution is 2.18. The van der Waals surface area contributed by atoms with Gasteiger partial charge in [-0.1, -0.05) is 6.07 Å². The van der Waals surface area contributed by atoms with E-state index in [0.717, 1.165) is 6.07 Å². The van der Waals surface area contributed by atoms with Crippen LogP contribution >= 0.6 is 0 Å². The molecular formula is C13H13FN2O4S. The van der Waals surface area contributed by atoms with E-state index < -0.39 is 21.7 Å². The van der Waals surface area contributed by atoms with Gasteiger partial charge >= 0.3 is 0 Å². The number of aryl methyl sites for hydroxylation is 1. The molecule has 1 heterocycles. The highest BCUT2D eigenvalue weighted by molar-refractivity contribution is 7.89. The summed E-state index contributed by atoms with van der Waals surface area (Å²) in [7, 11) is -2.55. The summed E-state index contributed by atoms with van der Waals surface area (Å²) in [6.45, 7) is 1.72. The summed E-state index contributed by atoms with van der Waals surface area (Å²) < 4.78 is 43.6. The van der Waals surface area contributed by atoms with E-state index >= 15 is 0 Å². The number of furan rings is 1. The number of carbonyl (C=O) groups is 1. The molecule has 21 heavy (non-hydrogen) atoms. The fourth-order valence-corrected chi connectivity index (χ4v) is 2.24. The lowest BCUT2D eigenvalue weighted by Crippen LogP contribution is -2.18. The smallest absolute Gasteiger partial charge is 0.291 e. The second-order valence-corrected chi connectivity index (χ2v) is 6.08. The van der Waals surface area contributed by atoms with E-state index in [1.807, 2.05) is 0 Å². The Bertz CT molecular complexity index is 783. The van der Waals surface area contributed by atoms with Crippen LogP contribution in [0.3, 0.4) is 0 Å². The van der Waals surface area contributed by atoms with Crippen LogP contribution in [0.25, 0.3) is 0 Å². The van der Waals surface area contributed by atoms with Crippen LogP contribution in [0.15, 0.2) is 39.8 Å². The molecule has 0 fully saturated rings. The summed E-state index contributed by atoms with van der Waals surface area (Å²) in [5, 5.41) is 1.92. The highest BCUT2D eigenvalue weighted by Gasteiger charge is 2.20. The van der Waals surface area contributed by atoms with Gasteiger partial charge in [0.2, 0.25) is 5.09 Å². The van der Waals surface area contributed by atoms with E-state index in [9.17, 15) is 17.6 Å². The van der Waals surface area contributed by atoms with Gasteiger partial charge in [-0.15, -0.1) is 0 Å². The standard InChI is InChI=1S/C13H13FN2O4S/c1-8-3-4-10(9(14)7-8)16-13(17)11-5-6-12(20-11)21(18,19)15-2/h3-7,15H,1-2H3,(H,16,17). The molecule has 6 nitrogen and oxygen atoms in total. The average molecular weight is 312 g/mol. The van der Waals surface area contributed by atoms with Gasteiger partial charge in [0.05, 0.1) is 5.69 Å². The van der Waals surface area contributed by atoms with Gasteiger partial charge in [0, 0.05) is 0 Å². The number of hydrogen-bond donors (Lipinski definition) is 2. The summed E-state index contributed by atoms with van der Waals surface area (Å²) in [6.07, 6.45) is 0. The fraction of sp³-hybridized carbons (Fsp3) is 0.154. The van der Waals surface area contributed by atoms with Crippen LogP contribution in [0.4, 0.5) is 10.1 Å². The topological polar surface area (TPSA) is 88.4 Å². The van der Waals surface area contributed by atoms with Crippen molar-refractivity contribution in [3.05, 3.63) is 47.5 Å². The molecule has 0 saturated carbocycles. The van der Waals surface area contributed by atoms with Crippen molar-refractivity contribution in [1.82, 2.24) is 4.72 Å². The quantitative estimate of drug-likeness (QED) is 0.902. The predicted molar refractivity (Wildman–Crippen MR) is 74.0 cm³/mol. The lowest BCUT2D eigenvalue weighted by Gasteiger charge is -2.05. The first-order chi connectivity index (χ1) is 9.83. The number of carbonyl (C=O) groups excluding carboxylic acids is 1. The van der Waals surface area contributed by atoms with E-state index in [2.05, 4.69) is 10.0 Å². The van der Waals surface area contributed by atoms with Gasteiger partial charge in [0.1, 0.15) is 5.82 Å². The minimum atomic E-state index is -3.77. The van der Waals surface area contributed by atoms with Gasteiger partial charge in [0.25, 0.3) is 15.9 Å². The zero-order valence-electron chi connectivity index (χ0n) is 11.3. The van der Waals surface area contributed by atoms with Crippen molar-refractivity contribution in [3.63, 3.8) is 0 Å². The van der Waals surface area contributed by atoms with Crippen molar-refractivity contribution in [2.24, 2.45) is 0 Å². The molecule has 0 aliphatic rings. The lowest BCUT2D eigenvalue weighted by atomic mass is 10.2. The maximum absolute atomic E-state index is 13.6. The lowest BCUT2D eigenvalue weighted by molar-refractivity contribution is 0.0991. The van der Waals surface area contributed by atoms with Gasteiger partial charge in [-0.2, -0.15) is 0 Å². The Kier molecular flexibility index (Phi) is 4.10. The van der Waals surface area contributed by atoms with Crippen LogP contribution in [0, 0.1) is 12.7 Å². The Labute approximate surface area is 121 Å². The Morgan fingerprint density at radius 2 is 1.95 bits per heavy atom. The molecule has 0 radical (unpaired) electrons. The molecule has 0 bridgehead atoms. The minimum absolute atomic E-state index is 0.0139. The van der Waals surface area contributed by atoms with E-state index in [1.165, 1.54) is 25.2 Å². The molecule has 0 unspecified atom stereocenters. The maximum atomic E-state index is 13.6. The maximum Gasteiger partial charge on any atom is 0.291 e. The van der Waals surface area contributed by atoms with Crippen LogP contribution in [0.1, 0.15) is 16.1 Å². The number of nitrogens with one attached hydrogen (secondary N) is 2. The minimum Gasteiger partial charge on any atom is -0.438 e. The van der Waals surface area contributed by atoms with Gasteiger partial charge < -0.3 is 9.73 Å². The molecule has 112 valence electrons. The molecule has 1 aromatic heterocycles. The number of rotatable bonds is 4. The molecule has 1 aromatic carbocycles. The third kappa shape index (κ3) is 3.29. The van der Waals surface area contributed by atoms with Crippen LogP contribution in [-0.4, -0.2) is 21.4 Å². The zero-order valence-corrected chi connectivity index (χ0v) is 12.1. The normalized spacial score (nSPS) is 11.4. The van der Waals surface area contributed by atoms with E-state index in [1.54, 1.807) is 13.0 Å². The molecule has 0 atom stereocenters. The van der Waals surface area contributed by atoms with Crippen LogP contribution in [-0.2, 0) is 10.0 Å². The predicted octanol–water partition coefficient (Wildman–Crippen LogP) is 1.89. The Morgan fingerprint density at radius 1 is 1.24 bits per heavy atom. The van der Waals surface area contributed by atoms with Crippen molar-refractivity contribution < 1.29 is 22.0 Å². The summed E-state index contributed by atoms with van der Waals surface area (Å²) in [4.78, 5) is 11.9. The second-order valence-electron chi connectivity index (χ2n) is 4.26. The van der Waals surface area contributed by atoms with E-state index in [-0.39, 0.29) is 16.5 Å². The third-order valence-corrected chi connectivity index (χ3v) is 4.00. The van der Waals surface area contributed by atoms with E-state index in [0.29, 0.717) is 5.56 Å². The van der Waals surface area contributed by atoms with Gasteiger partial charge in [-0.25, -0.2) is 17.5 Å². The second kappa shape index (κ2) is 5.66. The third-order valence-electron chi connectivity index (χ3n) is 2.71. The van der Waals surface area contributed by atoms with Crippen molar-refractivity contribution >= 4 is 21.6 Å². The fourth-order valence-electron chi connectivity index (χ4n) is 1.59. The molecule has 0 aliphatic heterocycles. The number of sulfonamides is 1. The highest BCUT2D eigenvalue weighted by atomic mass is 32.2. The number of amides is 1. The van der Waals surface area contributed by atoms with Crippen LogP contribution in [0.2, 0.25) is 0 Å².